The van der Waals surface area contributed by atoms with E-state index in [2.05, 4.69) is 10.2 Å². The van der Waals surface area contributed by atoms with Gasteiger partial charge in [-0.3, -0.25) is 4.98 Å². The van der Waals surface area contributed by atoms with Crippen LogP contribution in [0.3, 0.4) is 0 Å². The fourth-order valence-electron chi connectivity index (χ4n) is 1.92. The van der Waals surface area contributed by atoms with Gasteiger partial charge in [-0.25, -0.2) is 0 Å². The topological polar surface area (TPSA) is 51.5 Å². The van der Waals surface area contributed by atoms with Gasteiger partial charge in [-0.15, -0.1) is 11.3 Å². The van der Waals surface area contributed by atoms with Crippen LogP contribution in [-0.2, 0) is 0 Å². The van der Waals surface area contributed by atoms with Gasteiger partial charge in [-0.05, 0) is 37.3 Å². The lowest BCUT2D eigenvalue weighted by atomic mass is 10.2. The maximum Gasteiger partial charge on any atom is 0.154 e. The summed E-state index contributed by atoms with van der Waals surface area (Å²) in [5, 5.41) is 4.64. The number of aromatic nitrogens is 1. The number of halogens is 1. The molecular weight excluding hydrogens is 308 g/mol. The Morgan fingerprint density at radius 1 is 1.29 bits per heavy atom. The van der Waals surface area contributed by atoms with E-state index in [4.69, 9.17) is 16.3 Å². The molecular formula is C15H11ClN2O2S. The predicted molar refractivity (Wildman–Crippen MR) is 85.4 cm³/mol. The zero-order valence-electron chi connectivity index (χ0n) is 11.1. The number of ether oxygens (including phenoxy) is 1. The van der Waals surface area contributed by atoms with Crippen LogP contribution in [0.1, 0.15) is 17.8 Å². The van der Waals surface area contributed by atoms with Gasteiger partial charge in [-0.2, -0.15) is 4.91 Å². The largest absolute Gasteiger partial charge is 0.455 e. The van der Waals surface area contributed by atoms with Crippen molar-refractivity contribution >= 4 is 33.0 Å². The van der Waals surface area contributed by atoms with E-state index in [1.165, 1.54) is 11.3 Å². The highest BCUT2D eigenvalue weighted by Gasteiger charge is 2.13. The van der Waals surface area contributed by atoms with Crippen LogP contribution >= 0.6 is 22.9 Å². The maximum atomic E-state index is 10.7. The third-order valence-corrected chi connectivity index (χ3v) is 4.53. The first-order valence-electron chi connectivity index (χ1n) is 6.30. The van der Waals surface area contributed by atoms with Crippen molar-refractivity contribution in [3.63, 3.8) is 0 Å². The summed E-state index contributed by atoms with van der Waals surface area (Å²) in [6.07, 6.45) is 3.42. The van der Waals surface area contributed by atoms with E-state index >= 15 is 0 Å². The predicted octanol–water partition coefficient (Wildman–Crippen LogP) is 5.57. The molecule has 4 nitrogen and oxygen atoms in total. The van der Waals surface area contributed by atoms with Gasteiger partial charge in [0.25, 0.3) is 0 Å². The van der Waals surface area contributed by atoms with E-state index in [0.717, 1.165) is 15.0 Å². The molecule has 1 atom stereocenters. The molecule has 0 N–H and O–H groups in total. The summed E-state index contributed by atoms with van der Waals surface area (Å²) in [5.74, 6) is 1.33. The summed E-state index contributed by atoms with van der Waals surface area (Å²) in [5.41, 5.74) is 0. The lowest BCUT2D eigenvalue weighted by Crippen LogP contribution is -1.85. The number of fused-ring (bicyclic) bond motifs is 1. The van der Waals surface area contributed by atoms with E-state index < -0.39 is 0 Å². The van der Waals surface area contributed by atoms with E-state index in [-0.39, 0.29) is 6.04 Å². The second-order valence-corrected chi connectivity index (χ2v) is 6.09. The van der Waals surface area contributed by atoms with Gasteiger partial charge in [0.2, 0.25) is 0 Å². The third-order valence-electron chi connectivity index (χ3n) is 3.04. The van der Waals surface area contributed by atoms with Crippen LogP contribution < -0.4 is 4.74 Å². The van der Waals surface area contributed by atoms with Crippen LogP contribution in [0.4, 0.5) is 0 Å². The van der Waals surface area contributed by atoms with Gasteiger partial charge in [0.05, 0.1) is 10.9 Å². The molecule has 0 radical (unpaired) electrons. The minimum Gasteiger partial charge on any atom is -0.455 e. The van der Waals surface area contributed by atoms with Gasteiger partial charge in [-0.1, -0.05) is 16.8 Å². The van der Waals surface area contributed by atoms with E-state index in [9.17, 15) is 4.91 Å². The zero-order valence-corrected chi connectivity index (χ0v) is 12.7. The molecule has 21 heavy (non-hydrogen) atoms. The van der Waals surface area contributed by atoms with Gasteiger partial charge < -0.3 is 4.74 Å². The Hall–Kier alpha value is -1.98. The molecule has 0 spiro atoms. The number of rotatable bonds is 4. The lowest BCUT2D eigenvalue weighted by Gasteiger charge is -2.06. The van der Waals surface area contributed by atoms with Crippen molar-refractivity contribution in [1.82, 2.24) is 4.98 Å². The lowest BCUT2D eigenvalue weighted by molar-refractivity contribution is 0.486. The summed E-state index contributed by atoms with van der Waals surface area (Å²) >= 11 is 7.36. The molecule has 106 valence electrons. The normalized spacial score (nSPS) is 12.3. The molecule has 0 saturated carbocycles. The van der Waals surface area contributed by atoms with Crippen molar-refractivity contribution in [2.75, 3.05) is 0 Å². The number of benzene rings is 1. The minimum atomic E-state index is -0.370. The minimum absolute atomic E-state index is 0.370. The SMILES string of the molecule is CC(N=O)c1cc2c(Oc3ccc(Cl)cc3)cncc2s1. The van der Waals surface area contributed by atoms with Crippen molar-refractivity contribution in [2.45, 2.75) is 13.0 Å². The Morgan fingerprint density at radius 3 is 2.76 bits per heavy atom. The highest BCUT2D eigenvalue weighted by molar-refractivity contribution is 7.19. The van der Waals surface area contributed by atoms with Crippen LogP contribution in [0, 0.1) is 4.91 Å². The molecule has 0 saturated heterocycles. The molecule has 0 amide bonds. The number of thiophene rings is 1. The highest BCUT2D eigenvalue weighted by Crippen LogP contribution is 2.37. The number of hydrogen-bond donors (Lipinski definition) is 0. The summed E-state index contributed by atoms with van der Waals surface area (Å²) in [6, 6.07) is 8.68. The van der Waals surface area contributed by atoms with Crippen LogP contribution in [0.25, 0.3) is 10.1 Å². The van der Waals surface area contributed by atoms with Gasteiger partial charge >= 0.3 is 0 Å². The molecule has 1 aromatic carbocycles. The highest BCUT2D eigenvalue weighted by atomic mass is 35.5. The van der Waals surface area contributed by atoms with Crippen molar-refractivity contribution in [1.29, 1.82) is 0 Å². The van der Waals surface area contributed by atoms with Crippen LogP contribution in [0.15, 0.2) is 47.9 Å². The van der Waals surface area contributed by atoms with Gasteiger partial charge in [0, 0.05) is 21.5 Å². The number of hydrogen-bond acceptors (Lipinski definition) is 5. The van der Waals surface area contributed by atoms with Crippen molar-refractivity contribution in [3.8, 4) is 11.5 Å². The Bertz CT molecular complexity index is 786. The summed E-state index contributed by atoms with van der Waals surface area (Å²) in [7, 11) is 0. The number of nitroso groups, excluding NO2 is 1. The van der Waals surface area contributed by atoms with Crippen LogP contribution in [0.2, 0.25) is 5.02 Å². The molecule has 1 unspecified atom stereocenters. The average molecular weight is 319 g/mol. The monoisotopic (exact) mass is 318 g/mol. The van der Waals surface area contributed by atoms with Crippen molar-refractivity contribution < 1.29 is 4.74 Å². The first-order valence-corrected chi connectivity index (χ1v) is 7.50. The Morgan fingerprint density at radius 2 is 2.05 bits per heavy atom. The zero-order chi connectivity index (χ0) is 14.8. The Kier molecular flexibility index (Phi) is 3.86. The van der Waals surface area contributed by atoms with Gasteiger partial charge in [0.1, 0.15) is 11.8 Å². The first-order chi connectivity index (χ1) is 10.2. The fourth-order valence-corrected chi connectivity index (χ4v) is 3.08. The summed E-state index contributed by atoms with van der Waals surface area (Å²) in [4.78, 5) is 15.8. The molecule has 0 fully saturated rings. The van der Waals surface area contributed by atoms with Gasteiger partial charge in [0.15, 0.2) is 5.75 Å². The molecule has 2 heterocycles. The smallest absolute Gasteiger partial charge is 0.154 e. The maximum absolute atomic E-state index is 10.7. The molecule has 3 rings (SSSR count). The molecule has 3 aromatic rings. The van der Waals surface area contributed by atoms with E-state index in [1.54, 1.807) is 43.6 Å². The fraction of sp³-hybridized carbons (Fsp3) is 0.133. The van der Waals surface area contributed by atoms with Crippen molar-refractivity contribution in [3.05, 3.63) is 57.5 Å². The molecule has 6 heteroatoms. The Balaban J connectivity index is 2.00. The quantitative estimate of drug-likeness (QED) is 0.591. The second-order valence-electron chi connectivity index (χ2n) is 4.54. The number of pyridine rings is 1. The molecule has 0 aliphatic rings. The number of nitrogens with zero attached hydrogens (tertiary/aromatic N) is 2. The standard InChI is InChI=1S/C15H11ClN2O2S/c1-9(18-19)14-6-12-13(7-17-8-15(12)21-14)20-11-4-2-10(16)3-5-11/h2-9H,1H3. The molecule has 0 aliphatic carbocycles. The van der Waals surface area contributed by atoms with Crippen LogP contribution in [0.5, 0.6) is 11.5 Å². The Labute approximate surface area is 130 Å². The molecule has 0 bridgehead atoms. The summed E-state index contributed by atoms with van der Waals surface area (Å²) in [6.45, 7) is 1.77. The average Bonchev–Trinajstić information content (AvgIpc) is 2.94. The van der Waals surface area contributed by atoms with E-state index in [1.807, 2.05) is 6.07 Å². The third kappa shape index (κ3) is 2.89. The molecule has 0 aliphatic heterocycles. The second kappa shape index (κ2) is 5.79. The van der Waals surface area contributed by atoms with Crippen LogP contribution in [-0.4, -0.2) is 4.98 Å². The summed E-state index contributed by atoms with van der Waals surface area (Å²) < 4.78 is 6.81. The molecule has 2 aromatic heterocycles. The first kappa shape index (κ1) is 14.0. The van der Waals surface area contributed by atoms with E-state index in [0.29, 0.717) is 16.5 Å². The van der Waals surface area contributed by atoms with Crippen molar-refractivity contribution in [2.24, 2.45) is 5.18 Å².